The maximum Gasteiger partial charge on any atom is 0.228 e. The van der Waals surface area contributed by atoms with Gasteiger partial charge in [0, 0.05) is 32.7 Å². The fraction of sp³-hybridized carbons (Fsp3) is 0.579. The number of carbonyl (C=O) groups excluding carboxylic acids is 2. The van der Waals surface area contributed by atoms with Gasteiger partial charge in [-0.15, -0.1) is 0 Å². The van der Waals surface area contributed by atoms with Gasteiger partial charge in [0.25, 0.3) is 0 Å². The Hall–Kier alpha value is -1.88. The topological polar surface area (TPSA) is 60.9 Å². The van der Waals surface area contributed by atoms with Crippen molar-refractivity contribution in [1.29, 1.82) is 0 Å². The Morgan fingerprint density at radius 1 is 1.29 bits per heavy atom. The minimum atomic E-state index is -0.249. The summed E-state index contributed by atoms with van der Waals surface area (Å²) in [4.78, 5) is 28.9. The second kappa shape index (κ2) is 7.34. The van der Waals surface area contributed by atoms with Crippen LogP contribution in [0.15, 0.2) is 30.3 Å². The van der Waals surface area contributed by atoms with Crippen LogP contribution >= 0.6 is 0 Å². The van der Waals surface area contributed by atoms with Gasteiger partial charge in [0.05, 0.1) is 12.0 Å². The van der Waals surface area contributed by atoms with E-state index in [2.05, 4.69) is 0 Å². The van der Waals surface area contributed by atoms with Crippen molar-refractivity contribution >= 4 is 11.8 Å². The first-order valence-electron chi connectivity index (χ1n) is 8.84. The summed E-state index contributed by atoms with van der Waals surface area (Å²) in [6, 6.07) is 9.92. The highest BCUT2D eigenvalue weighted by Crippen LogP contribution is 2.30. The molecule has 5 nitrogen and oxygen atoms in total. The summed E-state index contributed by atoms with van der Waals surface area (Å²) in [6.45, 7) is 4.00. The average Bonchev–Trinajstić information content (AvgIpc) is 3.03. The number of benzene rings is 1. The van der Waals surface area contributed by atoms with E-state index in [4.69, 9.17) is 0 Å². The molecular weight excluding hydrogens is 304 g/mol. The van der Waals surface area contributed by atoms with Crippen molar-refractivity contribution in [3.05, 3.63) is 35.9 Å². The number of aliphatic hydroxyl groups is 1. The van der Waals surface area contributed by atoms with Gasteiger partial charge < -0.3 is 14.9 Å². The maximum atomic E-state index is 12.8. The lowest BCUT2D eigenvalue weighted by Crippen LogP contribution is -2.44. The van der Waals surface area contributed by atoms with Crippen LogP contribution in [0.1, 0.15) is 37.8 Å². The summed E-state index contributed by atoms with van der Waals surface area (Å²) in [7, 11) is 0. The highest BCUT2D eigenvalue weighted by atomic mass is 16.3. The number of aliphatic hydroxyl groups excluding tert-OH is 1. The van der Waals surface area contributed by atoms with Crippen molar-refractivity contribution in [2.75, 3.05) is 26.2 Å². The zero-order valence-corrected chi connectivity index (χ0v) is 14.2. The molecule has 0 saturated carbocycles. The molecular formula is C19H26N2O3. The standard InChI is InChI=1S/C19H26N2O3/c1-14(16-7-3-2-4-8-16)21-12-17(10-18(21)23)19(24)20-9-5-6-15(11-20)13-22/h2-4,7-8,14-15,17,22H,5-6,9-13H2,1H3. The number of likely N-dealkylation sites (tertiary alicyclic amines) is 2. The first kappa shape index (κ1) is 17.0. The van der Waals surface area contributed by atoms with Crippen LogP contribution < -0.4 is 0 Å². The molecule has 24 heavy (non-hydrogen) atoms. The summed E-state index contributed by atoms with van der Waals surface area (Å²) in [6.07, 6.45) is 2.21. The lowest BCUT2D eigenvalue weighted by molar-refractivity contribution is -0.137. The molecule has 1 aromatic carbocycles. The molecule has 130 valence electrons. The minimum Gasteiger partial charge on any atom is -0.396 e. The number of carbonyl (C=O) groups is 2. The van der Waals surface area contributed by atoms with Gasteiger partial charge in [-0.3, -0.25) is 9.59 Å². The van der Waals surface area contributed by atoms with Crippen LogP contribution in [0.5, 0.6) is 0 Å². The third-order valence-electron chi connectivity index (χ3n) is 5.35. The second-order valence-electron chi connectivity index (χ2n) is 7.01. The molecule has 2 fully saturated rings. The Morgan fingerprint density at radius 2 is 2.04 bits per heavy atom. The SMILES string of the molecule is CC(c1ccccc1)N1CC(C(=O)N2CCCC(CO)C2)CC1=O. The molecule has 2 saturated heterocycles. The summed E-state index contributed by atoms with van der Waals surface area (Å²) in [5, 5.41) is 9.34. The van der Waals surface area contributed by atoms with Gasteiger partial charge in [-0.1, -0.05) is 30.3 Å². The molecule has 2 amide bonds. The van der Waals surface area contributed by atoms with E-state index in [1.165, 1.54) is 0 Å². The van der Waals surface area contributed by atoms with Crippen LogP contribution in [0.25, 0.3) is 0 Å². The van der Waals surface area contributed by atoms with Crippen LogP contribution in [0.4, 0.5) is 0 Å². The zero-order chi connectivity index (χ0) is 17.1. The van der Waals surface area contributed by atoms with Crippen LogP contribution in [-0.2, 0) is 9.59 Å². The Bertz CT molecular complexity index is 590. The van der Waals surface area contributed by atoms with Crippen molar-refractivity contribution in [3.8, 4) is 0 Å². The van der Waals surface area contributed by atoms with Gasteiger partial charge in [-0.25, -0.2) is 0 Å². The van der Waals surface area contributed by atoms with E-state index < -0.39 is 0 Å². The lowest BCUT2D eigenvalue weighted by atomic mass is 9.97. The first-order chi connectivity index (χ1) is 11.6. The molecule has 0 radical (unpaired) electrons. The van der Waals surface area contributed by atoms with Crippen molar-refractivity contribution < 1.29 is 14.7 Å². The first-order valence-corrected chi connectivity index (χ1v) is 8.84. The third-order valence-corrected chi connectivity index (χ3v) is 5.35. The molecule has 5 heteroatoms. The Kier molecular flexibility index (Phi) is 5.19. The van der Waals surface area contributed by atoms with E-state index in [0.29, 0.717) is 19.5 Å². The quantitative estimate of drug-likeness (QED) is 0.916. The normalized spacial score (nSPS) is 25.8. The molecule has 0 bridgehead atoms. The van der Waals surface area contributed by atoms with Gasteiger partial charge >= 0.3 is 0 Å². The Labute approximate surface area is 143 Å². The molecule has 0 aromatic heterocycles. The number of piperidine rings is 1. The molecule has 3 unspecified atom stereocenters. The molecule has 0 aliphatic carbocycles. The predicted molar refractivity (Wildman–Crippen MR) is 91.1 cm³/mol. The minimum absolute atomic E-state index is 0.0111. The summed E-state index contributed by atoms with van der Waals surface area (Å²) < 4.78 is 0. The molecule has 3 rings (SSSR count). The molecule has 2 heterocycles. The van der Waals surface area contributed by atoms with Gasteiger partial charge in [0.2, 0.25) is 11.8 Å². The third kappa shape index (κ3) is 3.46. The van der Waals surface area contributed by atoms with E-state index in [1.807, 2.05) is 47.1 Å². The number of nitrogens with zero attached hydrogens (tertiary/aromatic N) is 2. The van der Waals surface area contributed by atoms with Crippen molar-refractivity contribution in [2.45, 2.75) is 32.2 Å². The van der Waals surface area contributed by atoms with Gasteiger partial charge in [-0.2, -0.15) is 0 Å². The maximum absolute atomic E-state index is 12.8. The Morgan fingerprint density at radius 3 is 2.75 bits per heavy atom. The largest absolute Gasteiger partial charge is 0.396 e. The van der Waals surface area contributed by atoms with Crippen LogP contribution in [0, 0.1) is 11.8 Å². The smallest absolute Gasteiger partial charge is 0.228 e. The highest BCUT2D eigenvalue weighted by Gasteiger charge is 2.39. The molecule has 2 aliphatic rings. The molecule has 1 N–H and O–H groups in total. The fourth-order valence-corrected chi connectivity index (χ4v) is 3.86. The average molecular weight is 330 g/mol. The van der Waals surface area contributed by atoms with Crippen LogP contribution in [0.3, 0.4) is 0 Å². The summed E-state index contributed by atoms with van der Waals surface area (Å²) in [5.74, 6) is 0.0601. The summed E-state index contributed by atoms with van der Waals surface area (Å²) in [5.41, 5.74) is 1.09. The van der Waals surface area contributed by atoms with E-state index in [1.54, 1.807) is 0 Å². The molecule has 1 aromatic rings. The number of rotatable bonds is 4. The highest BCUT2D eigenvalue weighted by molar-refractivity contribution is 5.89. The van der Waals surface area contributed by atoms with E-state index in [-0.39, 0.29) is 36.3 Å². The second-order valence-corrected chi connectivity index (χ2v) is 7.01. The van der Waals surface area contributed by atoms with Crippen LogP contribution in [-0.4, -0.2) is 53.0 Å². The van der Waals surface area contributed by atoms with Gasteiger partial charge in [0.15, 0.2) is 0 Å². The van der Waals surface area contributed by atoms with Crippen LogP contribution in [0.2, 0.25) is 0 Å². The molecule has 3 atom stereocenters. The number of hydrogen-bond acceptors (Lipinski definition) is 3. The lowest BCUT2D eigenvalue weighted by Gasteiger charge is -2.33. The number of hydrogen-bond donors (Lipinski definition) is 1. The van der Waals surface area contributed by atoms with Crippen molar-refractivity contribution in [1.82, 2.24) is 9.80 Å². The molecule has 0 spiro atoms. The van der Waals surface area contributed by atoms with Crippen molar-refractivity contribution in [3.63, 3.8) is 0 Å². The van der Waals surface area contributed by atoms with E-state index >= 15 is 0 Å². The van der Waals surface area contributed by atoms with E-state index in [9.17, 15) is 14.7 Å². The number of amides is 2. The Balaban J connectivity index is 1.65. The van der Waals surface area contributed by atoms with Gasteiger partial charge in [0.1, 0.15) is 0 Å². The summed E-state index contributed by atoms with van der Waals surface area (Å²) >= 11 is 0. The van der Waals surface area contributed by atoms with Crippen molar-refractivity contribution in [2.24, 2.45) is 11.8 Å². The monoisotopic (exact) mass is 330 g/mol. The zero-order valence-electron chi connectivity index (χ0n) is 14.2. The predicted octanol–water partition coefficient (Wildman–Crippen LogP) is 1.83. The van der Waals surface area contributed by atoms with Gasteiger partial charge in [-0.05, 0) is 31.2 Å². The molecule has 2 aliphatic heterocycles. The fourth-order valence-electron chi connectivity index (χ4n) is 3.86. The van der Waals surface area contributed by atoms with E-state index in [0.717, 1.165) is 24.9 Å².